The summed E-state index contributed by atoms with van der Waals surface area (Å²) in [5.41, 5.74) is 2.34. The Labute approximate surface area is 108 Å². The highest BCUT2D eigenvalue weighted by atomic mass is 16.5. The molecule has 2 aliphatic heterocycles. The van der Waals surface area contributed by atoms with E-state index in [1.54, 1.807) is 0 Å². The van der Waals surface area contributed by atoms with Crippen molar-refractivity contribution < 1.29 is 9.53 Å². The van der Waals surface area contributed by atoms with Gasteiger partial charge in [0.1, 0.15) is 0 Å². The zero-order chi connectivity index (χ0) is 12.5. The number of ether oxygens (including phenoxy) is 1. The molecule has 2 fully saturated rings. The van der Waals surface area contributed by atoms with Crippen LogP contribution in [0.25, 0.3) is 0 Å². The third-order valence-corrected chi connectivity index (χ3v) is 4.00. The standard InChI is InChI=1S/C15H19NO2/c1-11-4-2-3-5-12(11)8-15(17)16-9-13-6-7-14(10-16)18-13/h2-5,13-14H,6-10H2,1H3. The summed E-state index contributed by atoms with van der Waals surface area (Å²) in [6, 6.07) is 8.12. The van der Waals surface area contributed by atoms with Crippen LogP contribution in [0.15, 0.2) is 24.3 Å². The number of likely N-dealkylation sites (tertiary alicyclic amines) is 1. The maximum absolute atomic E-state index is 12.3. The fourth-order valence-corrected chi connectivity index (χ4v) is 2.90. The molecule has 3 heteroatoms. The van der Waals surface area contributed by atoms with Crippen LogP contribution in [0, 0.1) is 6.92 Å². The molecule has 0 radical (unpaired) electrons. The lowest BCUT2D eigenvalue weighted by molar-refractivity contribution is -0.139. The summed E-state index contributed by atoms with van der Waals surface area (Å²) in [5.74, 6) is 0.240. The van der Waals surface area contributed by atoms with Crippen molar-refractivity contribution in [1.82, 2.24) is 4.90 Å². The molecule has 2 atom stereocenters. The number of morpholine rings is 1. The maximum atomic E-state index is 12.3. The van der Waals surface area contributed by atoms with Crippen LogP contribution in [0.4, 0.5) is 0 Å². The highest BCUT2D eigenvalue weighted by Crippen LogP contribution is 2.26. The van der Waals surface area contributed by atoms with Gasteiger partial charge in [0, 0.05) is 13.1 Å². The van der Waals surface area contributed by atoms with Crippen molar-refractivity contribution in [3.05, 3.63) is 35.4 Å². The topological polar surface area (TPSA) is 29.5 Å². The van der Waals surface area contributed by atoms with Crippen LogP contribution in [0.5, 0.6) is 0 Å². The largest absolute Gasteiger partial charge is 0.371 e. The Balaban J connectivity index is 1.67. The van der Waals surface area contributed by atoms with Crippen molar-refractivity contribution in [2.24, 2.45) is 0 Å². The van der Waals surface area contributed by atoms with Crippen molar-refractivity contribution in [1.29, 1.82) is 0 Å². The van der Waals surface area contributed by atoms with Gasteiger partial charge >= 0.3 is 0 Å². The number of benzene rings is 1. The third-order valence-electron chi connectivity index (χ3n) is 4.00. The first-order valence-electron chi connectivity index (χ1n) is 6.70. The number of fused-ring (bicyclic) bond motifs is 2. The Morgan fingerprint density at radius 3 is 2.61 bits per heavy atom. The van der Waals surface area contributed by atoms with Gasteiger partial charge in [0.05, 0.1) is 18.6 Å². The summed E-state index contributed by atoms with van der Waals surface area (Å²) in [4.78, 5) is 14.3. The lowest BCUT2D eigenvalue weighted by Gasteiger charge is -2.32. The summed E-state index contributed by atoms with van der Waals surface area (Å²) < 4.78 is 5.76. The summed E-state index contributed by atoms with van der Waals surface area (Å²) in [6.07, 6.45) is 3.30. The van der Waals surface area contributed by atoms with E-state index >= 15 is 0 Å². The van der Waals surface area contributed by atoms with Gasteiger partial charge in [-0.05, 0) is 30.9 Å². The van der Waals surface area contributed by atoms with E-state index in [0.29, 0.717) is 6.42 Å². The van der Waals surface area contributed by atoms with E-state index in [-0.39, 0.29) is 18.1 Å². The number of amides is 1. The molecule has 2 heterocycles. The molecule has 2 bridgehead atoms. The number of aryl methyl sites for hydroxylation is 1. The molecule has 0 saturated carbocycles. The second-order valence-electron chi connectivity index (χ2n) is 5.36. The molecule has 2 saturated heterocycles. The summed E-state index contributed by atoms with van der Waals surface area (Å²) in [5, 5.41) is 0. The van der Waals surface area contributed by atoms with Crippen molar-refractivity contribution in [3.63, 3.8) is 0 Å². The number of carbonyl (C=O) groups is 1. The van der Waals surface area contributed by atoms with Crippen molar-refractivity contribution in [3.8, 4) is 0 Å². The van der Waals surface area contributed by atoms with Crippen LogP contribution < -0.4 is 0 Å². The van der Waals surface area contributed by atoms with Crippen LogP contribution in [0.3, 0.4) is 0 Å². The zero-order valence-corrected chi connectivity index (χ0v) is 10.8. The highest BCUT2D eigenvalue weighted by Gasteiger charge is 2.35. The summed E-state index contributed by atoms with van der Waals surface area (Å²) in [7, 11) is 0. The number of rotatable bonds is 2. The minimum absolute atomic E-state index is 0.240. The first-order valence-corrected chi connectivity index (χ1v) is 6.70. The molecule has 1 aromatic rings. The smallest absolute Gasteiger partial charge is 0.227 e. The Hall–Kier alpha value is -1.35. The van der Waals surface area contributed by atoms with Crippen LogP contribution in [0.1, 0.15) is 24.0 Å². The minimum atomic E-state index is 0.240. The number of carbonyl (C=O) groups excluding carboxylic acids is 1. The van der Waals surface area contributed by atoms with Gasteiger partial charge in [-0.15, -0.1) is 0 Å². The van der Waals surface area contributed by atoms with Crippen molar-refractivity contribution in [2.75, 3.05) is 13.1 Å². The Bertz CT molecular complexity index is 446. The number of hydrogen-bond acceptors (Lipinski definition) is 2. The van der Waals surface area contributed by atoms with E-state index < -0.39 is 0 Å². The van der Waals surface area contributed by atoms with Gasteiger partial charge in [-0.3, -0.25) is 4.79 Å². The highest BCUT2D eigenvalue weighted by molar-refractivity contribution is 5.79. The van der Waals surface area contributed by atoms with Crippen LogP contribution >= 0.6 is 0 Å². The molecule has 0 aromatic heterocycles. The molecule has 96 valence electrons. The van der Waals surface area contributed by atoms with Gasteiger partial charge in [0.2, 0.25) is 5.91 Å². The quantitative estimate of drug-likeness (QED) is 0.796. The van der Waals surface area contributed by atoms with Gasteiger partial charge in [-0.2, -0.15) is 0 Å². The summed E-state index contributed by atoms with van der Waals surface area (Å²) in [6.45, 7) is 3.62. The summed E-state index contributed by atoms with van der Waals surface area (Å²) >= 11 is 0. The monoisotopic (exact) mass is 245 g/mol. The predicted octanol–water partition coefficient (Wildman–Crippen LogP) is 1.93. The average Bonchev–Trinajstić information content (AvgIpc) is 2.71. The van der Waals surface area contributed by atoms with Gasteiger partial charge in [0.25, 0.3) is 0 Å². The SMILES string of the molecule is Cc1ccccc1CC(=O)N1CC2CCC(C1)O2. The molecule has 1 aromatic carbocycles. The molecule has 18 heavy (non-hydrogen) atoms. The first-order chi connectivity index (χ1) is 8.72. The fourth-order valence-electron chi connectivity index (χ4n) is 2.90. The Morgan fingerprint density at radius 2 is 1.94 bits per heavy atom. The maximum Gasteiger partial charge on any atom is 0.227 e. The van der Waals surface area contributed by atoms with Crippen LogP contribution in [0.2, 0.25) is 0 Å². The van der Waals surface area contributed by atoms with Crippen molar-refractivity contribution in [2.45, 2.75) is 38.4 Å². The molecule has 3 rings (SSSR count). The second-order valence-corrected chi connectivity index (χ2v) is 5.36. The molecule has 0 spiro atoms. The fraction of sp³-hybridized carbons (Fsp3) is 0.533. The molecule has 2 aliphatic rings. The lowest BCUT2D eigenvalue weighted by atomic mass is 10.1. The molecule has 2 unspecified atom stereocenters. The van der Waals surface area contributed by atoms with Crippen LogP contribution in [-0.2, 0) is 16.0 Å². The number of nitrogens with zero attached hydrogens (tertiary/aromatic N) is 1. The third kappa shape index (κ3) is 2.27. The van der Waals surface area contributed by atoms with Gasteiger partial charge in [-0.1, -0.05) is 24.3 Å². The average molecular weight is 245 g/mol. The van der Waals surface area contributed by atoms with Gasteiger partial charge < -0.3 is 9.64 Å². The first kappa shape index (κ1) is 11.7. The van der Waals surface area contributed by atoms with Crippen molar-refractivity contribution >= 4 is 5.91 Å². The van der Waals surface area contributed by atoms with E-state index in [1.165, 1.54) is 5.56 Å². The molecular weight excluding hydrogens is 226 g/mol. The molecular formula is C15H19NO2. The predicted molar refractivity (Wildman–Crippen MR) is 69.4 cm³/mol. The number of hydrogen-bond donors (Lipinski definition) is 0. The zero-order valence-electron chi connectivity index (χ0n) is 10.8. The second kappa shape index (κ2) is 4.73. The van der Waals surface area contributed by atoms with E-state index in [2.05, 4.69) is 13.0 Å². The molecule has 1 amide bonds. The van der Waals surface area contributed by atoms with Gasteiger partial charge in [-0.25, -0.2) is 0 Å². The molecule has 3 nitrogen and oxygen atoms in total. The molecule has 0 N–H and O–H groups in total. The Kier molecular flexibility index (Phi) is 3.08. The Morgan fingerprint density at radius 1 is 1.28 bits per heavy atom. The van der Waals surface area contributed by atoms with E-state index in [1.807, 2.05) is 23.1 Å². The molecule has 0 aliphatic carbocycles. The van der Waals surface area contributed by atoms with Gasteiger partial charge in [0.15, 0.2) is 0 Å². The van der Waals surface area contributed by atoms with E-state index in [4.69, 9.17) is 4.74 Å². The lowest BCUT2D eigenvalue weighted by Crippen LogP contribution is -2.46. The van der Waals surface area contributed by atoms with E-state index in [0.717, 1.165) is 31.5 Å². The van der Waals surface area contributed by atoms with E-state index in [9.17, 15) is 4.79 Å². The van der Waals surface area contributed by atoms with Crippen LogP contribution in [-0.4, -0.2) is 36.1 Å². The normalized spacial score (nSPS) is 26.4. The minimum Gasteiger partial charge on any atom is -0.371 e.